The topological polar surface area (TPSA) is 24.9 Å². The Kier molecular flexibility index (Phi) is 2.79. The van der Waals surface area contributed by atoms with Gasteiger partial charge in [-0.1, -0.05) is 31.4 Å². The Balaban J connectivity index is 1.64. The van der Waals surface area contributed by atoms with Gasteiger partial charge >= 0.3 is 0 Å². The van der Waals surface area contributed by atoms with Gasteiger partial charge in [-0.05, 0) is 36.0 Å². The highest BCUT2D eigenvalue weighted by atomic mass is 32.1. The van der Waals surface area contributed by atoms with Gasteiger partial charge in [-0.3, -0.25) is 0 Å². The van der Waals surface area contributed by atoms with Crippen LogP contribution in [0.15, 0.2) is 24.3 Å². The van der Waals surface area contributed by atoms with Crippen molar-refractivity contribution in [2.24, 2.45) is 5.92 Å². The maximum Gasteiger partial charge on any atom is 0.117 e. The molecule has 2 nitrogen and oxygen atoms in total. The molecule has 2 aromatic rings. The minimum atomic E-state index is 0.978. The summed E-state index contributed by atoms with van der Waals surface area (Å²) in [6, 6.07) is 8.33. The molecular weight excluding hydrogens is 216 g/mol. The molecule has 0 bridgehead atoms. The van der Waals surface area contributed by atoms with Crippen LogP contribution >= 0.6 is 11.5 Å². The molecule has 3 rings (SSSR count). The van der Waals surface area contributed by atoms with Crippen LogP contribution < -0.4 is 5.32 Å². The molecule has 1 aliphatic rings. The second kappa shape index (κ2) is 4.42. The molecule has 1 aromatic heterocycles. The molecule has 0 unspecified atom stereocenters. The molecule has 0 spiro atoms. The average Bonchev–Trinajstić information content (AvgIpc) is 2.65. The fourth-order valence-corrected chi connectivity index (χ4v) is 2.97. The minimum absolute atomic E-state index is 0.978. The number of anilines is 1. The van der Waals surface area contributed by atoms with Gasteiger partial charge in [0, 0.05) is 11.9 Å². The Morgan fingerprint density at radius 1 is 1.31 bits per heavy atom. The molecule has 1 fully saturated rings. The molecule has 0 amide bonds. The molecule has 0 radical (unpaired) electrons. The zero-order chi connectivity index (χ0) is 10.8. The number of fused-ring (bicyclic) bond motifs is 1. The zero-order valence-corrected chi connectivity index (χ0v) is 10.1. The van der Waals surface area contributed by atoms with E-state index in [0.29, 0.717) is 0 Å². The van der Waals surface area contributed by atoms with E-state index in [-0.39, 0.29) is 0 Å². The first-order chi connectivity index (χ1) is 7.93. The van der Waals surface area contributed by atoms with Gasteiger partial charge in [-0.15, -0.1) is 0 Å². The largest absolute Gasteiger partial charge is 0.375 e. The van der Waals surface area contributed by atoms with Gasteiger partial charge in [0.05, 0.1) is 5.52 Å². The summed E-state index contributed by atoms with van der Waals surface area (Å²) in [6.45, 7) is 1.09. The standard InChI is InChI=1S/C13H16N2S/c1-2-7-12-11(6-1)13(16-15-12)14-9-8-10-4-3-5-10/h1-2,6-7,10,14H,3-5,8-9H2. The predicted octanol–water partition coefficient (Wildman–Crippen LogP) is 3.90. The van der Waals surface area contributed by atoms with E-state index < -0.39 is 0 Å². The third-order valence-corrected chi connectivity index (χ3v) is 4.28. The molecule has 0 saturated heterocycles. The fourth-order valence-electron chi connectivity index (χ4n) is 2.19. The van der Waals surface area contributed by atoms with E-state index in [1.165, 1.54) is 36.1 Å². The first-order valence-electron chi connectivity index (χ1n) is 6.02. The lowest BCUT2D eigenvalue weighted by molar-refractivity contribution is 0.303. The highest BCUT2D eigenvalue weighted by Gasteiger charge is 2.16. The van der Waals surface area contributed by atoms with Gasteiger partial charge in [0.15, 0.2) is 0 Å². The molecule has 1 heterocycles. The summed E-state index contributed by atoms with van der Waals surface area (Å²) >= 11 is 1.58. The van der Waals surface area contributed by atoms with Crippen LogP contribution in [0.5, 0.6) is 0 Å². The molecule has 1 N–H and O–H groups in total. The SMILES string of the molecule is c1ccc2c(NCCC3CCC3)snc2c1. The summed E-state index contributed by atoms with van der Waals surface area (Å²) in [7, 11) is 0. The van der Waals surface area contributed by atoms with Crippen molar-refractivity contribution in [2.75, 3.05) is 11.9 Å². The highest BCUT2D eigenvalue weighted by molar-refractivity contribution is 7.11. The van der Waals surface area contributed by atoms with Crippen LogP contribution in [-0.4, -0.2) is 10.9 Å². The Morgan fingerprint density at radius 3 is 3.00 bits per heavy atom. The molecule has 1 aliphatic carbocycles. The van der Waals surface area contributed by atoms with Crippen molar-refractivity contribution in [3.63, 3.8) is 0 Å². The van der Waals surface area contributed by atoms with Crippen molar-refractivity contribution < 1.29 is 0 Å². The monoisotopic (exact) mass is 232 g/mol. The van der Waals surface area contributed by atoms with E-state index in [0.717, 1.165) is 18.0 Å². The Morgan fingerprint density at radius 2 is 2.19 bits per heavy atom. The second-order valence-electron chi connectivity index (χ2n) is 4.54. The summed E-state index contributed by atoms with van der Waals surface area (Å²) in [6.07, 6.45) is 5.62. The van der Waals surface area contributed by atoms with Gasteiger partial charge in [0.25, 0.3) is 0 Å². The fraction of sp³-hybridized carbons (Fsp3) is 0.462. The van der Waals surface area contributed by atoms with Crippen LogP contribution in [0.4, 0.5) is 5.00 Å². The number of nitrogens with one attached hydrogen (secondary N) is 1. The molecule has 84 valence electrons. The zero-order valence-electron chi connectivity index (χ0n) is 9.28. The second-order valence-corrected chi connectivity index (χ2v) is 5.31. The molecule has 0 aliphatic heterocycles. The van der Waals surface area contributed by atoms with E-state index in [2.05, 4.69) is 27.9 Å². The number of nitrogens with zero attached hydrogens (tertiary/aromatic N) is 1. The van der Waals surface area contributed by atoms with Gasteiger partial charge in [0.1, 0.15) is 5.00 Å². The lowest BCUT2D eigenvalue weighted by Crippen LogP contribution is -2.15. The van der Waals surface area contributed by atoms with Crippen LogP contribution in [0.1, 0.15) is 25.7 Å². The predicted molar refractivity (Wildman–Crippen MR) is 70.1 cm³/mol. The maximum atomic E-state index is 4.43. The van der Waals surface area contributed by atoms with Gasteiger partial charge in [-0.2, -0.15) is 4.37 Å². The quantitative estimate of drug-likeness (QED) is 0.864. The summed E-state index contributed by atoms with van der Waals surface area (Å²) in [5.74, 6) is 0.978. The van der Waals surface area contributed by atoms with Gasteiger partial charge < -0.3 is 5.32 Å². The van der Waals surface area contributed by atoms with Gasteiger partial charge in [0.2, 0.25) is 0 Å². The average molecular weight is 232 g/mol. The van der Waals surface area contributed by atoms with Crippen molar-refractivity contribution in [1.82, 2.24) is 4.37 Å². The number of aromatic nitrogens is 1. The molecule has 1 aromatic carbocycles. The Labute approximate surface area is 99.8 Å². The molecule has 16 heavy (non-hydrogen) atoms. The highest BCUT2D eigenvalue weighted by Crippen LogP contribution is 2.31. The van der Waals surface area contributed by atoms with Crippen LogP contribution in [0, 0.1) is 5.92 Å². The summed E-state index contributed by atoms with van der Waals surface area (Å²) in [5.41, 5.74) is 1.11. The van der Waals surface area contributed by atoms with E-state index in [9.17, 15) is 0 Å². The molecule has 3 heteroatoms. The first-order valence-corrected chi connectivity index (χ1v) is 6.79. The summed E-state index contributed by atoms with van der Waals surface area (Å²) in [4.78, 5) is 0. The van der Waals surface area contributed by atoms with Crippen molar-refractivity contribution in [1.29, 1.82) is 0 Å². The van der Waals surface area contributed by atoms with Crippen LogP contribution in [-0.2, 0) is 0 Å². The number of hydrogen-bond acceptors (Lipinski definition) is 3. The molecular formula is C13H16N2S. The lowest BCUT2D eigenvalue weighted by Gasteiger charge is -2.25. The normalized spacial score (nSPS) is 16.2. The number of benzene rings is 1. The lowest BCUT2D eigenvalue weighted by atomic mass is 9.83. The van der Waals surface area contributed by atoms with E-state index >= 15 is 0 Å². The van der Waals surface area contributed by atoms with Crippen molar-refractivity contribution in [2.45, 2.75) is 25.7 Å². The smallest absolute Gasteiger partial charge is 0.117 e. The summed E-state index contributed by atoms with van der Waals surface area (Å²) in [5, 5.41) is 6.02. The summed E-state index contributed by atoms with van der Waals surface area (Å²) < 4.78 is 4.43. The van der Waals surface area contributed by atoms with E-state index in [1.807, 2.05) is 6.07 Å². The Bertz CT molecular complexity index is 473. The van der Waals surface area contributed by atoms with E-state index in [4.69, 9.17) is 0 Å². The van der Waals surface area contributed by atoms with E-state index in [1.54, 1.807) is 11.5 Å². The molecule has 0 atom stereocenters. The maximum absolute atomic E-state index is 4.43. The van der Waals surface area contributed by atoms with Crippen LogP contribution in [0.3, 0.4) is 0 Å². The van der Waals surface area contributed by atoms with Crippen LogP contribution in [0.2, 0.25) is 0 Å². The number of hydrogen-bond donors (Lipinski definition) is 1. The molecule has 1 saturated carbocycles. The van der Waals surface area contributed by atoms with Crippen molar-refractivity contribution >= 4 is 27.4 Å². The van der Waals surface area contributed by atoms with Crippen molar-refractivity contribution in [3.8, 4) is 0 Å². The third-order valence-electron chi connectivity index (χ3n) is 3.45. The first kappa shape index (κ1) is 10.1. The van der Waals surface area contributed by atoms with Gasteiger partial charge in [-0.25, -0.2) is 0 Å². The Hall–Kier alpha value is -1.09. The minimum Gasteiger partial charge on any atom is -0.375 e. The van der Waals surface area contributed by atoms with Crippen LogP contribution in [0.25, 0.3) is 10.9 Å². The van der Waals surface area contributed by atoms with Crippen molar-refractivity contribution in [3.05, 3.63) is 24.3 Å². The third kappa shape index (κ3) is 1.92. The number of rotatable bonds is 4.